The molecule has 0 aromatic heterocycles. The smallest absolute Gasteiger partial charge is 0.185 e. The molecule has 0 radical (unpaired) electrons. The fourth-order valence-electron chi connectivity index (χ4n) is 6.53. The minimum atomic E-state index is 0.0810. The van der Waals surface area contributed by atoms with Crippen LogP contribution in [-0.2, 0) is 4.79 Å². The van der Waals surface area contributed by atoms with Crippen molar-refractivity contribution >= 4 is 11.7 Å². The zero-order chi connectivity index (χ0) is 19.7. The third-order valence-electron chi connectivity index (χ3n) is 7.95. The number of allylic oxidation sites excluding steroid dienone is 2. The number of unbranched alkanes of at least 4 members (excludes halogenated alkanes) is 2. The van der Waals surface area contributed by atoms with E-state index in [-0.39, 0.29) is 23.4 Å². The Bertz CT molecular complexity index is 633. The maximum Gasteiger partial charge on any atom is 0.185 e. The molecule has 0 amide bonds. The van der Waals surface area contributed by atoms with Gasteiger partial charge < -0.3 is 16.6 Å². The van der Waals surface area contributed by atoms with Crippen molar-refractivity contribution in [2.75, 3.05) is 13.2 Å². The highest BCUT2D eigenvalue weighted by molar-refractivity contribution is 6.00. The largest absolute Gasteiger partial charge is 0.396 e. The molecule has 3 rings (SSSR count). The molecule has 0 saturated heterocycles. The topological polar surface area (TPSA) is 102 Å². The van der Waals surface area contributed by atoms with E-state index >= 15 is 0 Å². The first-order valence-corrected chi connectivity index (χ1v) is 10.8. The molecule has 3 atom stereocenters. The van der Waals surface area contributed by atoms with Crippen molar-refractivity contribution in [2.24, 2.45) is 39.1 Å². The Hall–Kier alpha value is -1.36. The van der Waals surface area contributed by atoms with Crippen LogP contribution in [0.1, 0.15) is 78.1 Å². The van der Waals surface area contributed by atoms with Gasteiger partial charge in [-0.3, -0.25) is 9.79 Å². The number of aliphatic imine (C=N–C) groups is 1. The molecule has 0 heterocycles. The number of aliphatic hydroxyl groups excluding tert-OH is 1. The summed E-state index contributed by atoms with van der Waals surface area (Å²) < 4.78 is 0. The van der Waals surface area contributed by atoms with E-state index in [1.165, 1.54) is 18.4 Å². The van der Waals surface area contributed by atoms with Gasteiger partial charge in [0.1, 0.15) is 0 Å². The quantitative estimate of drug-likeness (QED) is 0.327. The van der Waals surface area contributed by atoms with E-state index in [1.807, 2.05) is 0 Å². The summed E-state index contributed by atoms with van der Waals surface area (Å²) in [4.78, 5) is 17.1. The first-order chi connectivity index (χ1) is 12.8. The van der Waals surface area contributed by atoms with E-state index in [4.69, 9.17) is 11.5 Å². The maximum absolute atomic E-state index is 13.1. The molecule has 3 aliphatic carbocycles. The van der Waals surface area contributed by atoms with Crippen LogP contribution < -0.4 is 11.5 Å². The lowest BCUT2D eigenvalue weighted by molar-refractivity contribution is -0.120. The van der Waals surface area contributed by atoms with Gasteiger partial charge in [0.05, 0.1) is 0 Å². The number of nitrogens with zero attached hydrogens (tertiary/aromatic N) is 1. The van der Waals surface area contributed by atoms with Crippen molar-refractivity contribution in [1.29, 1.82) is 0 Å². The molecular weight excluding hydrogens is 338 g/mol. The molecule has 152 valence electrons. The van der Waals surface area contributed by atoms with Crippen LogP contribution in [0, 0.1) is 22.7 Å². The predicted octanol–water partition coefficient (Wildman–Crippen LogP) is 3.30. The van der Waals surface area contributed by atoms with E-state index in [9.17, 15) is 9.90 Å². The maximum atomic E-state index is 13.1. The molecule has 27 heavy (non-hydrogen) atoms. The predicted molar refractivity (Wildman–Crippen MR) is 109 cm³/mol. The molecule has 3 aliphatic rings. The number of guanidine groups is 1. The van der Waals surface area contributed by atoms with Gasteiger partial charge in [-0.25, -0.2) is 0 Å². The Morgan fingerprint density at radius 2 is 1.96 bits per heavy atom. The van der Waals surface area contributed by atoms with Crippen LogP contribution in [0.5, 0.6) is 0 Å². The lowest BCUT2D eigenvalue weighted by Crippen LogP contribution is -2.46. The Morgan fingerprint density at radius 1 is 1.19 bits per heavy atom. The highest BCUT2D eigenvalue weighted by atomic mass is 16.2. The highest BCUT2D eigenvalue weighted by Gasteiger charge is 2.66. The molecule has 5 heteroatoms. The Labute approximate surface area is 163 Å². The lowest BCUT2D eigenvalue weighted by atomic mass is 9.51. The average Bonchev–Trinajstić information content (AvgIpc) is 2.90. The second-order valence-electron chi connectivity index (χ2n) is 9.41. The number of aliphatic hydroxyl groups is 1. The van der Waals surface area contributed by atoms with Crippen molar-refractivity contribution in [2.45, 2.75) is 78.1 Å². The molecule has 3 unspecified atom stereocenters. The number of Topliss-reactive ketones (excluding diaryl/α,β-unsaturated/α-hetero) is 1. The third kappa shape index (κ3) is 3.43. The normalized spacial score (nSPS) is 31.3. The SMILES string of the molecule is CC1(C)C2CCC(CCCCO)C13CC(=O)C(CCCCN=C(N)N)=C3C2. The Balaban J connectivity index is 1.80. The second-order valence-corrected chi connectivity index (χ2v) is 9.41. The number of ketones is 1. The molecule has 2 saturated carbocycles. The molecule has 0 aromatic carbocycles. The minimum absolute atomic E-state index is 0.0810. The number of nitrogens with two attached hydrogens (primary N) is 2. The summed E-state index contributed by atoms with van der Waals surface area (Å²) >= 11 is 0. The van der Waals surface area contributed by atoms with Gasteiger partial charge in [-0.1, -0.05) is 25.8 Å². The summed E-state index contributed by atoms with van der Waals surface area (Å²) in [5.74, 6) is 1.85. The van der Waals surface area contributed by atoms with Crippen molar-refractivity contribution in [3.8, 4) is 0 Å². The van der Waals surface area contributed by atoms with E-state index in [0.29, 0.717) is 24.2 Å². The molecule has 1 spiro atoms. The molecule has 5 N–H and O–H groups in total. The van der Waals surface area contributed by atoms with Crippen LogP contribution in [0.3, 0.4) is 0 Å². The van der Waals surface area contributed by atoms with E-state index in [0.717, 1.165) is 56.9 Å². The zero-order valence-electron chi connectivity index (χ0n) is 17.1. The summed E-state index contributed by atoms with van der Waals surface area (Å²) in [5.41, 5.74) is 13.7. The molecule has 0 aliphatic heterocycles. The minimum Gasteiger partial charge on any atom is -0.396 e. The van der Waals surface area contributed by atoms with Crippen LogP contribution in [0.4, 0.5) is 0 Å². The molecule has 2 bridgehead atoms. The Kier molecular flexibility index (Phi) is 5.99. The van der Waals surface area contributed by atoms with E-state index < -0.39 is 0 Å². The van der Waals surface area contributed by atoms with Crippen LogP contribution in [0.2, 0.25) is 0 Å². The first-order valence-electron chi connectivity index (χ1n) is 10.8. The van der Waals surface area contributed by atoms with Crippen molar-refractivity contribution in [3.05, 3.63) is 11.1 Å². The number of fused-ring (bicyclic) bond motifs is 1. The van der Waals surface area contributed by atoms with Crippen LogP contribution >= 0.6 is 0 Å². The summed E-state index contributed by atoms with van der Waals surface area (Å²) in [6.07, 6.45) is 10.2. The fourth-order valence-corrected chi connectivity index (χ4v) is 6.53. The lowest BCUT2D eigenvalue weighted by Gasteiger charge is -2.52. The highest BCUT2D eigenvalue weighted by Crippen LogP contribution is 2.73. The van der Waals surface area contributed by atoms with Gasteiger partial charge in [0.15, 0.2) is 11.7 Å². The number of carbonyl (C=O) groups excluding carboxylic acids is 1. The third-order valence-corrected chi connectivity index (χ3v) is 7.95. The standard InChI is InChI=1S/C22H37N3O2/c1-21(2)16-10-9-15(7-4-6-12-26)22(21)14-19(27)17(18(22)13-16)8-3-5-11-25-20(23)24/h15-16,26H,3-14H2,1-2H3,(H4,23,24,25). The van der Waals surface area contributed by atoms with Gasteiger partial charge in [-0.2, -0.15) is 0 Å². The molecule has 2 fully saturated rings. The number of rotatable bonds is 9. The van der Waals surface area contributed by atoms with Gasteiger partial charge in [0, 0.05) is 25.0 Å². The summed E-state index contributed by atoms with van der Waals surface area (Å²) in [6.45, 7) is 5.74. The van der Waals surface area contributed by atoms with Crippen LogP contribution in [0.15, 0.2) is 16.1 Å². The van der Waals surface area contributed by atoms with Gasteiger partial charge >= 0.3 is 0 Å². The molecule has 0 aromatic rings. The first kappa shape index (κ1) is 20.4. The molecule has 5 nitrogen and oxygen atoms in total. The Morgan fingerprint density at radius 3 is 2.67 bits per heavy atom. The van der Waals surface area contributed by atoms with Gasteiger partial charge in [0.2, 0.25) is 0 Å². The van der Waals surface area contributed by atoms with Gasteiger partial charge in [0.25, 0.3) is 0 Å². The monoisotopic (exact) mass is 375 g/mol. The van der Waals surface area contributed by atoms with Gasteiger partial charge in [-0.15, -0.1) is 0 Å². The van der Waals surface area contributed by atoms with E-state index in [1.54, 1.807) is 0 Å². The second kappa shape index (κ2) is 7.94. The van der Waals surface area contributed by atoms with Crippen molar-refractivity contribution < 1.29 is 9.90 Å². The van der Waals surface area contributed by atoms with Crippen molar-refractivity contribution in [1.82, 2.24) is 0 Å². The number of hydrogen-bond acceptors (Lipinski definition) is 3. The van der Waals surface area contributed by atoms with Crippen molar-refractivity contribution in [3.63, 3.8) is 0 Å². The number of hydrogen-bond donors (Lipinski definition) is 3. The van der Waals surface area contributed by atoms with E-state index in [2.05, 4.69) is 18.8 Å². The number of carbonyl (C=O) groups is 1. The summed E-state index contributed by atoms with van der Waals surface area (Å²) in [6, 6.07) is 0. The zero-order valence-corrected chi connectivity index (χ0v) is 17.1. The van der Waals surface area contributed by atoms with Crippen LogP contribution in [0.25, 0.3) is 0 Å². The summed E-state index contributed by atoms with van der Waals surface area (Å²) in [5, 5.41) is 9.19. The fraction of sp³-hybridized carbons (Fsp3) is 0.818. The summed E-state index contributed by atoms with van der Waals surface area (Å²) in [7, 11) is 0. The average molecular weight is 376 g/mol. The molecular formula is C22H37N3O2. The van der Waals surface area contributed by atoms with Gasteiger partial charge in [-0.05, 0) is 74.2 Å². The van der Waals surface area contributed by atoms with Crippen LogP contribution in [-0.4, -0.2) is 30.0 Å².